The molecule has 0 aliphatic heterocycles. The largest absolute Gasteiger partial charge is 0.294 e. The standard InChI is InChI=1S/C18H18O2/c19-12-3-4-13(20)17-9-7-8(16(12)17)14-10-1-2-11(15(9)14)18(10)5-6-18/h3-4,8-11,16-17H,1-2,5-7H2/t8-,9-,10+,11+,16-,17-/m0/s1. The second-order valence-corrected chi connectivity index (χ2v) is 7.96. The summed E-state index contributed by atoms with van der Waals surface area (Å²) >= 11 is 0. The van der Waals surface area contributed by atoms with Gasteiger partial charge in [-0.3, -0.25) is 9.59 Å². The lowest BCUT2D eigenvalue weighted by Crippen LogP contribution is -2.38. The summed E-state index contributed by atoms with van der Waals surface area (Å²) in [5.41, 5.74) is 4.01. The van der Waals surface area contributed by atoms with Crippen LogP contribution in [0.2, 0.25) is 0 Å². The Hall–Kier alpha value is -1.18. The molecule has 0 radical (unpaired) electrons. The number of rotatable bonds is 0. The van der Waals surface area contributed by atoms with Gasteiger partial charge in [0.25, 0.3) is 0 Å². The fourth-order valence-electron chi connectivity index (χ4n) is 7.12. The van der Waals surface area contributed by atoms with Crippen molar-refractivity contribution in [2.75, 3.05) is 0 Å². The number of carbonyl (C=O) groups excluding carboxylic acids is 2. The van der Waals surface area contributed by atoms with Gasteiger partial charge in [-0.15, -0.1) is 0 Å². The maximum absolute atomic E-state index is 12.3. The minimum absolute atomic E-state index is 0.0198. The van der Waals surface area contributed by atoms with Crippen molar-refractivity contribution in [2.24, 2.45) is 40.9 Å². The summed E-state index contributed by atoms with van der Waals surface area (Å²) in [6.45, 7) is 0. The molecule has 6 atom stereocenters. The molecule has 20 heavy (non-hydrogen) atoms. The number of fused-ring (bicyclic) bond motifs is 9. The lowest BCUT2D eigenvalue weighted by Gasteiger charge is -2.35. The van der Waals surface area contributed by atoms with Crippen LogP contribution in [0.5, 0.6) is 0 Å². The zero-order valence-corrected chi connectivity index (χ0v) is 11.5. The van der Waals surface area contributed by atoms with Gasteiger partial charge in [0.2, 0.25) is 0 Å². The van der Waals surface area contributed by atoms with Gasteiger partial charge < -0.3 is 0 Å². The second-order valence-electron chi connectivity index (χ2n) is 7.96. The Kier molecular flexibility index (Phi) is 1.52. The molecule has 0 aromatic rings. The monoisotopic (exact) mass is 266 g/mol. The molecule has 2 nitrogen and oxygen atoms in total. The fourth-order valence-corrected chi connectivity index (χ4v) is 7.12. The van der Waals surface area contributed by atoms with Gasteiger partial charge in [-0.05, 0) is 73.3 Å². The van der Waals surface area contributed by atoms with Gasteiger partial charge >= 0.3 is 0 Å². The number of hydrogen-bond donors (Lipinski definition) is 0. The van der Waals surface area contributed by atoms with E-state index < -0.39 is 0 Å². The molecule has 0 N–H and O–H groups in total. The number of carbonyl (C=O) groups is 2. The molecule has 6 rings (SSSR count). The molecular formula is C18H18O2. The first-order valence-electron chi connectivity index (χ1n) is 8.22. The third kappa shape index (κ3) is 0.864. The molecule has 1 spiro atoms. The third-order valence-electron chi connectivity index (χ3n) is 7.67. The zero-order valence-electron chi connectivity index (χ0n) is 11.5. The molecule has 2 heteroatoms. The molecule has 0 heterocycles. The quantitative estimate of drug-likeness (QED) is 0.632. The molecule has 3 saturated carbocycles. The van der Waals surface area contributed by atoms with E-state index in [-0.39, 0.29) is 23.4 Å². The molecule has 6 aliphatic rings. The summed E-state index contributed by atoms with van der Waals surface area (Å²) in [6, 6.07) is 0. The van der Waals surface area contributed by atoms with Gasteiger partial charge in [-0.25, -0.2) is 0 Å². The lowest BCUT2D eigenvalue weighted by molar-refractivity contribution is -0.129. The average Bonchev–Trinajstić information content (AvgIpc) is 2.77. The highest BCUT2D eigenvalue weighted by Crippen LogP contribution is 2.79. The molecule has 0 unspecified atom stereocenters. The van der Waals surface area contributed by atoms with E-state index in [1.165, 1.54) is 25.7 Å². The van der Waals surface area contributed by atoms with Crippen LogP contribution in [0.1, 0.15) is 32.1 Å². The average molecular weight is 266 g/mol. The van der Waals surface area contributed by atoms with Gasteiger partial charge in [-0.2, -0.15) is 0 Å². The Morgan fingerprint density at radius 1 is 0.850 bits per heavy atom. The van der Waals surface area contributed by atoms with Crippen molar-refractivity contribution in [3.05, 3.63) is 23.3 Å². The van der Waals surface area contributed by atoms with E-state index in [4.69, 9.17) is 0 Å². The van der Waals surface area contributed by atoms with Crippen LogP contribution in [0, 0.1) is 40.9 Å². The van der Waals surface area contributed by atoms with Crippen molar-refractivity contribution >= 4 is 11.6 Å². The van der Waals surface area contributed by atoms with E-state index in [0.717, 1.165) is 18.3 Å². The molecular weight excluding hydrogens is 248 g/mol. The molecule has 0 aromatic heterocycles. The van der Waals surface area contributed by atoms with Crippen LogP contribution in [0.3, 0.4) is 0 Å². The molecule has 0 saturated heterocycles. The van der Waals surface area contributed by atoms with E-state index >= 15 is 0 Å². The van der Waals surface area contributed by atoms with Crippen molar-refractivity contribution in [2.45, 2.75) is 32.1 Å². The Bertz CT molecular complexity index is 598. The van der Waals surface area contributed by atoms with Gasteiger partial charge in [0.15, 0.2) is 11.6 Å². The minimum atomic E-state index is 0.0198. The number of allylic oxidation sites excluding steroid dienone is 4. The summed E-state index contributed by atoms with van der Waals surface area (Å²) in [4.78, 5) is 24.6. The predicted octanol–water partition coefficient (Wildman–Crippen LogP) is 2.69. The Balaban J connectivity index is 1.54. The van der Waals surface area contributed by atoms with Crippen LogP contribution in [0.25, 0.3) is 0 Å². The topological polar surface area (TPSA) is 34.1 Å². The van der Waals surface area contributed by atoms with Gasteiger partial charge in [0.1, 0.15) is 0 Å². The summed E-state index contributed by atoms with van der Waals surface area (Å²) in [5.74, 6) is 2.99. The summed E-state index contributed by atoms with van der Waals surface area (Å²) in [7, 11) is 0. The molecule has 0 aromatic carbocycles. The van der Waals surface area contributed by atoms with E-state index in [0.29, 0.717) is 17.3 Å². The molecule has 3 fully saturated rings. The van der Waals surface area contributed by atoms with Crippen molar-refractivity contribution in [1.29, 1.82) is 0 Å². The number of ketones is 2. The van der Waals surface area contributed by atoms with Gasteiger partial charge in [0.05, 0.1) is 0 Å². The second kappa shape index (κ2) is 2.88. The van der Waals surface area contributed by atoms with Gasteiger partial charge in [0, 0.05) is 11.8 Å². The molecule has 6 aliphatic carbocycles. The Morgan fingerprint density at radius 2 is 1.35 bits per heavy atom. The molecule has 102 valence electrons. The first-order valence-corrected chi connectivity index (χ1v) is 8.22. The highest BCUT2D eigenvalue weighted by molar-refractivity contribution is 6.08. The highest BCUT2D eigenvalue weighted by Gasteiger charge is 2.71. The van der Waals surface area contributed by atoms with E-state index in [1.54, 1.807) is 23.3 Å². The first-order chi connectivity index (χ1) is 9.72. The van der Waals surface area contributed by atoms with E-state index in [9.17, 15) is 9.59 Å². The Morgan fingerprint density at radius 3 is 1.80 bits per heavy atom. The first kappa shape index (κ1) is 10.5. The van der Waals surface area contributed by atoms with Crippen molar-refractivity contribution < 1.29 is 9.59 Å². The fraction of sp³-hybridized carbons (Fsp3) is 0.667. The summed E-state index contributed by atoms with van der Waals surface area (Å²) in [6.07, 6.45) is 9.77. The molecule has 4 bridgehead atoms. The van der Waals surface area contributed by atoms with E-state index in [2.05, 4.69) is 0 Å². The van der Waals surface area contributed by atoms with Gasteiger partial charge in [-0.1, -0.05) is 11.1 Å². The van der Waals surface area contributed by atoms with E-state index in [1.807, 2.05) is 0 Å². The van der Waals surface area contributed by atoms with Crippen LogP contribution in [0.4, 0.5) is 0 Å². The van der Waals surface area contributed by atoms with Crippen LogP contribution in [-0.4, -0.2) is 11.6 Å². The summed E-state index contributed by atoms with van der Waals surface area (Å²) in [5, 5.41) is 0. The smallest absolute Gasteiger partial charge is 0.160 e. The van der Waals surface area contributed by atoms with Crippen LogP contribution in [0.15, 0.2) is 23.3 Å². The minimum Gasteiger partial charge on any atom is -0.294 e. The van der Waals surface area contributed by atoms with Crippen LogP contribution < -0.4 is 0 Å². The van der Waals surface area contributed by atoms with Crippen molar-refractivity contribution in [1.82, 2.24) is 0 Å². The van der Waals surface area contributed by atoms with Crippen LogP contribution >= 0.6 is 0 Å². The molecule has 0 amide bonds. The normalized spacial score (nSPS) is 52.2. The lowest BCUT2D eigenvalue weighted by atomic mass is 9.67. The maximum atomic E-state index is 12.3. The maximum Gasteiger partial charge on any atom is 0.160 e. The van der Waals surface area contributed by atoms with Crippen LogP contribution in [-0.2, 0) is 9.59 Å². The SMILES string of the molecule is O=C1C=CC(=O)[C@H]2[C@H]1[C@H]1C[C@H]2C2=C1[C@H]1CC[C@H]2C12CC2. The predicted molar refractivity (Wildman–Crippen MR) is 72.6 cm³/mol. The van der Waals surface area contributed by atoms with Crippen molar-refractivity contribution in [3.63, 3.8) is 0 Å². The van der Waals surface area contributed by atoms with Crippen molar-refractivity contribution in [3.8, 4) is 0 Å². The third-order valence-corrected chi connectivity index (χ3v) is 7.67. The summed E-state index contributed by atoms with van der Waals surface area (Å²) < 4.78 is 0. The zero-order chi connectivity index (χ0) is 13.2. The number of hydrogen-bond acceptors (Lipinski definition) is 2. The highest BCUT2D eigenvalue weighted by atomic mass is 16.1. The Labute approximate surface area is 118 Å².